The van der Waals surface area contributed by atoms with Crippen molar-refractivity contribution in [3.63, 3.8) is 0 Å². The Morgan fingerprint density at radius 3 is 2.66 bits per heavy atom. The van der Waals surface area contributed by atoms with Crippen LogP contribution in [0.1, 0.15) is 11.7 Å². The molecule has 2 aromatic rings. The molecule has 2 aromatic carbocycles. The van der Waals surface area contributed by atoms with E-state index in [0.717, 1.165) is 4.90 Å². The number of aliphatic hydroxyl groups is 1. The summed E-state index contributed by atoms with van der Waals surface area (Å²) in [4.78, 5) is 13.0. The van der Waals surface area contributed by atoms with Gasteiger partial charge in [-0.05, 0) is 47.8 Å². The van der Waals surface area contributed by atoms with Gasteiger partial charge < -0.3 is 25.2 Å². The van der Waals surface area contributed by atoms with Crippen LogP contribution >= 0.6 is 35.1 Å². The molecule has 2 amide bonds. The van der Waals surface area contributed by atoms with E-state index in [9.17, 15) is 9.90 Å². The summed E-state index contributed by atoms with van der Waals surface area (Å²) in [7, 11) is 3.22. The number of methoxy groups -OCH3 is 2. The van der Waals surface area contributed by atoms with Gasteiger partial charge in [0.05, 0.1) is 34.8 Å². The molecular weight excluding hydrogens is 437 g/mol. The van der Waals surface area contributed by atoms with Gasteiger partial charge in [0.25, 0.3) is 0 Å². The van der Waals surface area contributed by atoms with Crippen LogP contribution in [-0.4, -0.2) is 45.1 Å². The largest absolute Gasteiger partial charge is 0.496 e. The number of ether oxygens (including phenoxy) is 2. The molecule has 0 aromatic heterocycles. The summed E-state index contributed by atoms with van der Waals surface area (Å²) >= 11 is 13.2. The lowest BCUT2D eigenvalue weighted by Gasteiger charge is -2.15. The number of hydrogen-bond donors (Lipinski definition) is 4. The van der Waals surface area contributed by atoms with Crippen molar-refractivity contribution in [2.24, 2.45) is 0 Å². The molecule has 10 heteroatoms. The van der Waals surface area contributed by atoms with Crippen LogP contribution in [0.5, 0.6) is 5.75 Å². The summed E-state index contributed by atoms with van der Waals surface area (Å²) in [6.45, 7) is 1.26. The molecule has 0 aliphatic heterocycles. The molecule has 1 unspecified atom stereocenters. The van der Waals surface area contributed by atoms with Crippen LogP contribution in [0, 0.1) is 0 Å². The number of carbonyl (C=O) groups excluding carboxylic acids is 1. The van der Waals surface area contributed by atoms with Crippen molar-refractivity contribution in [2.75, 3.05) is 39.2 Å². The van der Waals surface area contributed by atoms with E-state index in [2.05, 4.69) is 15.4 Å². The van der Waals surface area contributed by atoms with Crippen molar-refractivity contribution in [1.82, 2.24) is 10.0 Å². The molecule has 29 heavy (non-hydrogen) atoms. The quantitative estimate of drug-likeness (QED) is 0.315. The van der Waals surface area contributed by atoms with Gasteiger partial charge in [-0.25, -0.2) is 4.79 Å². The van der Waals surface area contributed by atoms with Crippen molar-refractivity contribution < 1.29 is 19.4 Å². The maximum atomic E-state index is 12.2. The molecule has 0 radical (unpaired) electrons. The molecule has 2 rings (SSSR count). The number of rotatable bonds is 10. The minimum Gasteiger partial charge on any atom is -0.496 e. The van der Waals surface area contributed by atoms with E-state index in [1.165, 1.54) is 11.9 Å². The molecule has 0 aliphatic rings. The lowest BCUT2D eigenvalue weighted by molar-refractivity contribution is 0.175. The van der Waals surface area contributed by atoms with Gasteiger partial charge >= 0.3 is 6.03 Å². The molecule has 0 fully saturated rings. The Morgan fingerprint density at radius 1 is 1.17 bits per heavy atom. The Labute approximate surface area is 184 Å². The van der Waals surface area contributed by atoms with E-state index < -0.39 is 12.1 Å². The normalized spacial score (nSPS) is 11.8. The number of benzene rings is 2. The first-order valence-corrected chi connectivity index (χ1v) is 10.3. The highest BCUT2D eigenvalue weighted by Crippen LogP contribution is 2.30. The Kier molecular flexibility index (Phi) is 9.86. The first-order valence-electron chi connectivity index (χ1n) is 8.69. The van der Waals surface area contributed by atoms with Crippen LogP contribution in [0.15, 0.2) is 41.3 Å². The van der Waals surface area contributed by atoms with E-state index in [0.29, 0.717) is 40.2 Å². The van der Waals surface area contributed by atoms with Crippen LogP contribution in [-0.2, 0) is 4.74 Å². The van der Waals surface area contributed by atoms with Crippen molar-refractivity contribution in [2.45, 2.75) is 11.0 Å². The number of aliphatic hydroxyl groups excluding tert-OH is 1. The third kappa shape index (κ3) is 7.58. The number of urea groups is 1. The average molecular weight is 460 g/mol. The zero-order valence-electron chi connectivity index (χ0n) is 16.0. The SMILES string of the molecule is COCCNSc1cc(NC(=O)NCC(O)c2ccc(Cl)c(Cl)c2)ccc1OC. The minimum absolute atomic E-state index is 0.0140. The van der Waals surface area contributed by atoms with E-state index in [-0.39, 0.29) is 6.54 Å². The first-order chi connectivity index (χ1) is 13.9. The van der Waals surface area contributed by atoms with Gasteiger partial charge in [-0.15, -0.1) is 0 Å². The van der Waals surface area contributed by atoms with Crippen molar-refractivity contribution in [3.05, 3.63) is 52.0 Å². The fourth-order valence-electron chi connectivity index (χ4n) is 2.31. The summed E-state index contributed by atoms with van der Waals surface area (Å²) in [5.41, 5.74) is 1.15. The predicted octanol–water partition coefficient (Wildman–Crippen LogP) is 4.10. The Bertz CT molecular complexity index is 826. The van der Waals surface area contributed by atoms with Gasteiger partial charge in [-0.2, -0.15) is 0 Å². The predicted molar refractivity (Wildman–Crippen MR) is 117 cm³/mol. The van der Waals surface area contributed by atoms with Crippen molar-refractivity contribution in [3.8, 4) is 5.75 Å². The molecule has 4 N–H and O–H groups in total. The fraction of sp³-hybridized carbons (Fsp3) is 0.316. The molecule has 158 valence electrons. The number of carbonyl (C=O) groups is 1. The second kappa shape index (κ2) is 12.1. The lowest BCUT2D eigenvalue weighted by Crippen LogP contribution is -2.32. The zero-order valence-corrected chi connectivity index (χ0v) is 18.3. The summed E-state index contributed by atoms with van der Waals surface area (Å²) in [6, 6.07) is 9.66. The van der Waals surface area contributed by atoms with Gasteiger partial charge in [0.1, 0.15) is 5.75 Å². The summed E-state index contributed by atoms with van der Waals surface area (Å²) in [5.74, 6) is 0.681. The number of anilines is 1. The average Bonchev–Trinajstić information content (AvgIpc) is 2.71. The highest BCUT2D eigenvalue weighted by molar-refractivity contribution is 7.97. The maximum Gasteiger partial charge on any atom is 0.319 e. The van der Waals surface area contributed by atoms with E-state index in [1.54, 1.807) is 50.6 Å². The Hall–Kier alpha value is -1.68. The summed E-state index contributed by atoms with van der Waals surface area (Å²) < 4.78 is 13.5. The molecule has 7 nitrogen and oxygen atoms in total. The molecule has 0 saturated heterocycles. The van der Waals surface area contributed by atoms with Crippen molar-refractivity contribution >= 4 is 46.9 Å². The third-order valence-electron chi connectivity index (χ3n) is 3.80. The molecule has 0 heterocycles. The van der Waals surface area contributed by atoms with Crippen molar-refractivity contribution in [1.29, 1.82) is 0 Å². The van der Waals surface area contributed by atoms with Gasteiger partial charge in [-0.3, -0.25) is 4.72 Å². The number of nitrogens with one attached hydrogen (secondary N) is 3. The molecule has 0 bridgehead atoms. The second-order valence-corrected chi connectivity index (χ2v) is 7.63. The Balaban J connectivity index is 1.91. The van der Waals surface area contributed by atoms with Gasteiger partial charge in [0.15, 0.2) is 0 Å². The monoisotopic (exact) mass is 459 g/mol. The van der Waals surface area contributed by atoms with Crippen LogP contribution in [0.4, 0.5) is 10.5 Å². The molecule has 0 spiro atoms. The fourth-order valence-corrected chi connectivity index (χ4v) is 3.39. The van der Waals surface area contributed by atoms with Gasteiger partial charge in [-0.1, -0.05) is 29.3 Å². The highest BCUT2D eigenvalue weighted by Gasteiger charge is 2.12. The molecule has 0 saturated carbocycles. The zero-order chi connectivity index (χ0) is 21.2. The van der Waals surface area contributed by atoms with Crippen LogP contribution in [0.2, 0.25) is 10.0 Å². The van der Waals surface area contributed by atoms with E-state index >= 15 is 0 Å². The minimum atomic E-state index is -0.914. The smallest absolute Gasteiger partial charge is 0.319 e. The maximum absolute atomic E-state index is 12.2. The van der Waals surface area contributed by atoms with Crippen LogP contribution in [0.3, 0.4) is 0 Å². The second-order valence-electron chi connectivity index (χ2n) is 5.88. The number of halogens is 2. The van der Waals surface area contributed by atoms with Gasteiger partial charge in [0.2, 0.25) is 0 Å². The summed E-state index contributed by atoms with van der Waals surface area (Å²) in [5, 5.41) is 16.3. The first kappa shape index (κ1) is 23.6. The standard InChI is InChI=1S/C19H23Cl2N3O4S/c1-27-8-7-23-29-18-10-13(4-6-17(18)28-2)24-19(26)22-11-16(25)12-3-5-14(20)15(21)9-12/h3-6,9-10,16,23,25H,7-8,11H2,1-2H3,(H2,22,24,26). The summed E-state index contributed by atoms with van der Waals surface area (Å²) in [6.07, 6.45) is -0.914. The number of amides is 2. The van der Waals surface area contributed by atoms with E-state index in [1.807, 2.05) is 0 Å². The highest BCUT2D eigenvalue weighted by atomic mass is 35.5. The molecular formula is C19H23Cl2N3O4S. The Morgan fingerprint density at radius 2 is 1.97 bits per heavy atom. The van der Waals surface area contributed by atoms with E-state index in [4.69, 9.17) is 32.7 Å². The molecule has 0 aliphatic carbocycles. The van der Waals surface area contributed by atoms with Crippen LogP contribution in [0.25, 0.3) is 0 Å². The number of hydrogen-bond acceptors (Lipinski definition) is 6. The lowest BCUT2D eigenvalue weighted by atomic mass is 10.1. The third-order valence-corrected chi connectivity index (χ3v) is 5.42. The topological polar surface area (TPSA) is 91.9 Å². The molecule has 1 atom stereocenters. The van der Waals surface area contributed by atoms with Crippen LogP contribution < -0.4 is 20.1 Å². The van der Waals surface area contributed by atoms with Gasteiger partial charge in [0, 0.05) is 25.9 Å².